The summed E-state index contributed by atoms with van der Waals surface area (Å²) in [6.07, 6.45) is 3.26. The normalized spacial score (nSPS) is 10.4. The average molecular weight is 322 g/mol. The lowest BCUT2D eigenvalue weighted by atomic mass is 10.2. The van der Waals surface area contributed by atoms with Crippen LogP contribution in [0.3, 0.4) is 0 Å². The van der Waals surface area contributed by atoms with E-state index in [-0.39, 0.29) is 5.91 Å². The van der Waals surface area contributed by atoms with Crippen LogP contribution < -0.4 is 10.1 Å². The summed E-state index contributed by atoms with van der Waals surface area (Å²) in [5.41, 5.74) is 2.29. The highest BCUT2D eigenvalue weighted by Crippen LogP contribution is 2.13. The smallest absolute Gasteiger partial charge is 0.255 e. The summed E-state index contributed by atoms with van der Waals surface area (Å²) in [7, 11) is 1.62. The molecule has 24 heavy (non-hydrogen) atoms. The molecule has 0 spiro atoms. The van der Waals surface area contributed by atoms with Crippen molar-refractivity contribution >= 4 is 5.91 Å². The van der Waals surface area contributed by atoms with Gasteiger partial charge in [0.2, 0.25) is 0 Å². The van der Waals surface area contributed by atoms with E-state index in [4.69, 9.17) is 4.74 Å². The number of carbonyl (C=O) groups is 1. The van der Waals surface area contributed by atoms with Gasteiger partial charge in [-0.1, -0.05) is 18.2 Å². The molecule has 0 fully saturated rings. The van der Waals surface area contributed by atoms with E-state index >= 15 is 0 Å². The van der Waals surface area contributed by atoms with Crippen molar-refractivity contribution in [2.45, 2.75) is 13.5 Å². The predicted octanol–water partition coefficient (Wildman–Crippen LogP) is 2.51. The number of nitrogens with one attached hydrogen (secondary N) is 1. The molecule has 0 unspecified atom stereocenters. The zero-order valence-corrected chi connectivity index (χ0v) is 13.6. The van der Waals surface area contributed by atoms with Crippen molar-refractivity contribution in [2.24, 2.45) is 0 Å². The molecule has 0 radical (unpaired) electrons. The van der Waals surface area contributed by atoms with Crippen LogP contribution in [-0.4, -0.2) is 27.8 Å². The zero-order chi connectivity index (χ0) is 16.9. The summed E-state index contributed by atoms with van der Waals surface area (Å²) in [5.74, 6) is 1.31. The molecule has 3 rings (SSSR count). The van der Waals surface area contributed by atoms with Crippen LogP contribution in [0.4, 0.5) is 0 Å². The maximum Gasteiger partial charge on any atom is 0.255 e. The minimum atomic E-state index is -0.162. The summed E-state index contributed by atoms with van der Waals surface area (Å²) in [5, 5.41) is 7.17. The maximum absolute atomic E-state index is 12.4. The maximum atomic E-state index is 12.4. The Morgan fingerprint density at radius 1 is 1.21 bits per heavy atom. The minimum Gasteiger partial charge on any atom is -0.497 e. The summed E-state index contributed by atoms with van der Waals surface area (Å²) < 4.78 is 6.78. The zero-order valence-electron chi connectivity index (χ0n) is 13.6. The SMILES string of the molecule is COc1ccc(CNC(=O)c2cnn(-c3ccccn3)c2C)cc1. The topological polar surface area (TPSA) is 69.0 Å². The molecule has 0 saturated heterocycles. The van der Waals surface area contributed by atoms with Crippen molar-refractivity contribution in [1.29, 1.82) is 0 Å². The van der Waals surface area contributed by atoms with Gasteiger partial charge >= 0.3 is 0 Å². The fraction of sp³-hybridized carbons (Fsp3) is 0.167. The van der Waals surface area contributed by atoms with E-state index in [2.05, 4.69) is 15.4 Å². The number of pyridine rings is 1. The van der Waals surface area contributed by atoms with Crippen molar-refractivity contribution in [3.63, 3.8) is 0 Å². The Labute approximate surface area is 140 Å². The lowest BCUT2D eigenvalue weighted by molar-refractivity contribution is 0.0950. The number of rotatable bonds is 5. The van der Waals surface area contributed by atoms with E-state index < -0.39 is 0 Å². The monoisotopic (exact) mass is 322 g/mol. The van der Waals surface area contributed by atoms with Gasteiger partial charge in [0.05, 0.1) is 24.6 Å². The second-order valence-electron chi connectivity index (χ2n) is 5.27. The van der Waals surface area contributed by atoms with Gasteiger partial charge in [-0.25, -0.2) is 9.67 Å². The molecule has 1 amide bonds. The summed E-state index contributed by atoms with van der Waals surface area (Å²) in [6.45, 7) is 2.29. The van der Waals surface area contributed by atoms with Crippen molar-refractivity contribution in [1.82, 2.24) is 20.1 Å². The second kappa shape index (κ2) is 6.95. The Morgan fingerprint density at radius 2 is 2.00 bits per heavy atom. The minimum absolute atomic E-state index is 0.162. The van der Waals surface area contributed by atoms with E-state index in [1.54, 1.807) is 24.2 Å². The standard InChI is InChI=1S/C18H18N4O2/c1-13-16(12-21-22(13)17-5-3-4-10-19-17)18(23)20-11-14-6-8-15(24-2)9-7-14/h3-10,12H,11H2,1-2H3,(H,20,23). The molecule has 6 nitrogen and oxygen atoms in total. The summed E-state index contributed by atoms with van der Waals surface area (Å²) in [4.78, 5) is 16.6. The number of hydrogen-bond acceptors (Lipinski definition) is 4. The lowest BCUT2D eigenvalue weighted by Crippen LogP contribution is -2.23. The fourth-order valence-electron chi connectivity index (χ4n) is 2.36. The third-order valence-corrected chi connectivity index (χ3v) is 3.73. The van der Waals surface area contributed by atoms with Gasteiger partial charge in [0, 0.05) is 12.7 Å². The number of carbonyl (C=O) groups excluding carboxylic acids is 1. The van der Waals surface area contributed by atoms with E-state index in [0.717, 1.165) is 17.0 Å². The van der Waals surface area contributed by atoms with Crippen molar-refractivity contribution in [3.8, 4) is 11.6 Å². The van der Waals surface area contributed by atoms with Gasteiger partial charge in [0.1, 0.15) is 5.75 Å². The largest absolute Gasteiger partial charge is 0.497 e. The molecule has 1 aromatic carbocycles. The third-order valence-electron chi connectivity index (χ3n) is 3.73. The Hall–Kier alpha value is -3.15. The van der Waals surface area contributed by atoms with Crippen molar-refractivity contribution < 1.29 is 9.53 Å². The quantitative estimate of drug-likeness (QED) is 0.783. The lowest BCUT2D eigenvalue weighted by Gasteiger charge is -2.07. The number of aromatic nitrogens is 3. The van der Waals surface area contributed by atoms with Gasteiger partial charge in [-0.05, 0) is 36.8 Å². The highest BCUT2D eigenvalue weighted by molar-refractivity contribution is 5.95. The van der Waals surface area contributed by atoms with Crippen molar-refractivity contribution in [2.75, 3.05) is 7.11 Å². The van der Waals surface area contributed by atoms with Gasteiger partial charge in [0.15, 0.2) is 5.82 Å². The molecular weight excluding hydrogens is 304 g/mol. The molecule has 3 aromatic rings. The number of ether oxygens (including phenoxy) is 1. The average Bonchev–Trinajstić information content (AvgIpc) is 3.02. The molecule has 0 aliphatic carbocycles. The number of hydrogen-bond donors (Lipinski definition) is 1. The highest BCUT2D eigenvalue weighted by Gasteiger charge is 2.15. The predicted molar refractivity (Wildman–Crippen MR) is 90.3 cm³/mol. The first-order valence-corrected chi connectivity index (χ1v) is 7.56. The summed E-state index contributed by atoms with van der Waals surface area (Å²) >= 11 is 0. The number of amides is 1. The van der Waals surface area contributed by atoms with E-state index in [1.165, 1.54) is 0 Å². The fourth-order valence-corrected chi connectivity index (χ4v) is 2.36. The first-order chi connectivity index (χ1) is 11.7. The molecule has 122 valence electrons. The molecule has 0 aliphatic rings. The highest BCUT2D eigenvalue weighted by atomic mass is 16.5. The van der Waals surface area contributed by atoms with E-state index in [0.29, 0.717) is 17.9 Å². The Balaban J connectivity index is 1.70. The molecular formula is C18H18N4O2. The first-order valence-electron chi connectivity index (χ1n) is 7.56. The van der Waals surface area contributed by atoms with Crippen LogP contribution >= 0.6 is 0 Å². The van der Waals surface area contributed by atoms with Crippen LogP contribution in [0.5, 0.6) is 5.75 Å². The van der Waals surface area contributed by atoms with Gasteiger partial charge in [-0.3, -0.25) is 4.79 Å². The van der Waals surface area contributed by atoms with Crippen LogP contribution in [0, 0.1) is 6.92 Å². The molecule has 2 aromatic heterocycles. The summed E-state index contributed by atoms with van der Waals surface area (Å²) in [6, 6.07) is 13.1. The van der Waals surface area contributed by atoms with Gasteiger partial charge in [0.25, 0.3) is 5.91 Å². The Morgan fingerprint density at radius 3 is 2.67 bits per heavy atom. The number of nitrogens with zero attached hydrogens (tertiary/aromatic N) is 3. The third kappa shape index (κ3) is 3.27. The second-order valence-corrected chi connectivity index (χ2v) is 5.27. The van der Waals surface area contributed by atoms with Crippen LogP contribution in [0.25, 0.3) is 5.82 Å². The van der Waals surface area contributed by atoms with E-state index in [1.807, 2.05) is 49.4 Å². The van der Waals surface area contributed by atoms with Gasteiger partial charge < -0.3 is 10.1 Å². The van der Waals surface area contributed by atoms with Crippen LogP contribution in [0.1, 0.15) is 21.6 Å². The Kier molecular flexibility index (Phi) is 4.56. The molecule has 1 N–H and O–H groups in total. The van der Waals surface area contributed by atoms with Gasteiger partial charge in [-0.2, -0.15) is 5.10 Å². The number of methoxy groups -OCH3 is 1. The molecule has 2 heterocycles. The first kappa shape index (κ1) is 15.7. The Bertz CT molecular complexity index is 826. The van der Waals surface area contributed by atoms with E-state index in [9.17, 15) is 4.79 Å². The van der Waals surface area contributed by atoms with Crippen LogP contribution in [0.2, 0.25) is 0 Å². The molecule has 0 aliphatic heterocycles. The molecule has 0 atom stereocenters. The molecule has 6 heteroatoms. The van der Waals surface area contributed by atoms with Gasteiger partial charge in [-0.15, -0.1) is 0 Å². The van der Waals surface area contributed by atoms with Crippen molar-refractivity contribution in [3.05, 3.63) is 71.7 Å². The molecule has 0 saturated carbocycles. The van der Waals surface area contributed by atoms with Crippen LogP contribution in [0.15, 0.2) is 54.9 Å². The molecule has 0 bridgehead atoms. The number of benzene rings is 1. The van der Waals surface area contributed by atoms with Crippen LogP contribution in [-0.2, 0) is 6.54 Å².